The van der Waals surface area contributed by atoms with Crippen LogP contribution in [0, 0.1) is 18.7 Å². The molecule has 2 aliphatic rings. The standard InChI is InChI=1S/C16H23FN2/c1-12-11-14(5-6-15(12)17)16(13-3-2-4-13)19-9-7-18-8-10-19/h5-6,11,13,16,18H,2-4,7-10H2,1H3/t16-/m1/s1. The molecule has 0 unspecified atom stereocenters. The van der Waals surface area contributed by atoms with E-state index in [9.17, 15) is 4.39 Å². The van der Waals surface area contributed by atoms with Crippen LogP contribution in [0.15, 0.2) is 18.2 Å². The zero-order chi connectivity index (χ0) is 13.2. The van der Waals surface area contributed by atoms with Crippen molar-refractivity contribution in [1.82, 2.24) is 10.2 Å². The number of halogens is 1. The van der Waals surface area contributed by atoms with E-state index in [0.717, 1.165) is 37.7 Å². The van der Waals surface area contributed by atoms with Crippen LogP contribution in [0.5, 0.6) is 0 Å². The third-order valence-corrected chi connectivity index (χ3v) is 4.66. The normalized spacial score (nSPS) is 23.1. The zero-order valence-electron chi connectivity index (χ0n) is 11.7. The van der Waals surface area contributed by atoms with Gasteiger partial charge in [0, 0.05) is 32.2 Å². The Balaban J connectivity index is 1.86. The summed E-state index contributed by atoms with van der Waals surface area (Å²) in [5.41, 5.74) is 2.09. The third kappa shape index (κ3) is 2.67. The van der Waals surface area contributed by atoms with E-state index in [2.05, 4.69) is 16.3 Å². The van der Waals surface area contributed by atoms with Crippen LogP contribution in [-0.2, 0) is 0 Å². The molecule has 0 bridgehead atoms. The van der Waals surface area contributed by atoms with E-state index < -0.39 is 0 Å². The van der Waals surface area contributed by atoms with Gasteiger partial charge < -0.3 is 5.32 Å². The predicted octanol–water partition coefficient (Wildman–Crippen LogP) is 2.88. The molecule has 1 aliphatic carbocycles. The van der Waals surface area contributed by atoms with Crippen LogP contribution in [0.4, 0.5) is 4.39 Å². The fourth-order valence-electron chi connectivity index (χ4n) is 3.35. The molecular weight excluding hydrogens is 239 g/mol. The van der Waals surface area contributed by atoms with Crippen LogP contribution in [0.25, 0.3) is 0 Å². The highest BCUT2D eigenvalue weighted by Crippen LogP contribution is 2.41. The number of nitrogens with zero attached hydrogens (tertiary/aromatic N) is 1. The molecule has 0 radical (unpaired) electrons. The molecule has 1 aromatic rings. The molecule has 1 aliphatic heterocycles. The quantitative estimate of drug-likeness (QED) is 0.901. The van der Waals surface area contributed by atoms with Crippen LogP contribution < -0.4 is 5.32 Å². The number of aryl methyl sites for hydroxylation is 1. The van der Waals surface area contributed by atoms with Crippen molar-refractivity contribution in [2.45, 2.75) is 32.2 Å². The van der Waals surface area contributed by atoms with Gasteiger partial charge in [0.1, 0.15) is 5.82 Å². The van der Waals surface area contributed by atoms with Gasteiger partial charge in [-0.1, -0.05) is 18.6 Å². The molecule has 1 aromatic carbocycles. The molecule has 1 saturated heterocycles. The molecule has 1 atom stereocenters. The Kier molecular flexibility index (Phi) is 3.85. The van der Waals surface area contributed by atoms with Crippen LogP contribution in [0.2, 0.25) is 0 Å². The van der Waals surface area contributed by atoms with Crippen molar-refractivity contribution in [3.63, 3.8) is 0 Å². The average Bonchev–Trinajstić information content (AvgIpc) is 2.38. The first-order valence-corrected chi connectivity index (χ1v) is 7.46. The van der Waals surface area contributed by atoms with E-state index in [4.69, 9.17) is 0 Å². The van der Waals surface area contributed by atoms with Gasteiger partial charge in [0.2, 0.25) is 0 Å². The molecule has 2 nitrogen and oxygen atoms in total. The topological polar surface area (TPSA) is 15.3 Å². The van der Waals surface area contributed by atoms with Crippen molar-refractivity contribution in [3.8, 4) is 0 Å². The van der Waals surface area contributed by atoms with Crippen LogP contribution >= 0.6 is 0 Å². The lowest BCUT2D eigenvalue weighted by Crippen LogP contribution is -2.47. The highest BCUT2D eigenvalue weighted by Gasteiger charge is 2.33. The Morgan fingerprint density at radius 1 is 1.26 bits per heavy atom. The second-order valence-corrected chi connectivity index (χ2v) is 5.93. The molecule has 1 saturated carbocycles. The maximum atomic E-state index is 13.5. The first-order valence-electron chi connectivity index (χ1n) is 7.46. The molecule has 104 valence electrons. The summed E-state index contributed by atoms with van der Waals surface area (Å²) in [5.74, 6) is 0.680. The number of piperazine rings is 1. The maximum Gasteiger partial charge on any atom is 0.126 e. The molecule has 0 aromatic heterocycles. The second kappa shape index (κ2) is 5.59. The Labute approximate surface area is 115 Å². The van der Waals surface area contributed by atoms with E-state index in [1.54, 1.807) is 6.07 Å². The average molecular weight is 262 g/mol. The van der Waals surface area contributed by atoms with Gasteiger partial charge in [0.05, 0.1) is 0 Å². The summed E-state index contributed by atoms with van der Waals surface area (Å²) >= 11 is 0. The number of rotatable bonds is 3. The molecule has 3 rings (SSSR count). The SMILES string of the molecule is Cc1cc([C@@H](C2CCC2)N2CCNCC2)ccc1F. The number of nitrogens with one attached hydrogen (secondary N) is 1. The fraction of sp³-hybridized carbons (Fsp3) is 0.625. The summed E-state index contributed by atoms with van der Waals surface area (Å²) in [4.78, 5) is 2.59. The van der Waals surface area contributed by atoms with Crippen LogP contribution in [0.3, 0.4) is 0 Å². The van der Waals surface area contributed by atoms with Gasteiger partial charge in [-0.3, -0.25) is 4.90 Å². The fourth-order valence-corrected chi connectivity index (χ4v) is 3.35. The molecule has 1 heterocycles. The lowest BCUT2D eigenvalue weighted by molar-refractivity contribution is 0.0836. The molecule has 0 amide bonds. The maximum absolute atomic E-state index is 13.5. The highest BCUT2D eigenvalue weighted by atomic mass is 19.1. The predicted molar refractivity (Wildman–Crippen MR) is 75.7 cm³/mol. The van der Waals surface area contributed by atoms with Gasteiger partial charge in [-0.25, -0.2) is 4.39 Å². The minimum absolute atomic E-state index is 0.0866. The Hall–Kier alpha value is -0.930. The Morgan fingerprint density at radius 2 is 2.00 bits per heavy atom. The summed E-state index contributed by atoms with van der Waals surface area (Å²) in [6, 6.07) is 6.18. The van der Waals surface area contributed by atoms with E-state index in [1.165, 1.54) is 24.8 Å². The monoisotopic (exact) mass is 262 g/mol. The second-order valence-electron chi connectivity index (χ2n) is 5.93. The summed E-state index contributed by atoms with van der Waals surface area (Å²) in [6.45, 7) is 6.23. The first kappa shape index (κ1) is 13.1. The van der Waals surface area contributed by atoms with Crippen molar-refractivity contribution >= 4 is 0 Å². The minimum atomic E-state index is -0.0866. The van der Waals surface area contributed by atoms with Crippen LogP contribution in [-0.4, -0.2) is 31.1 Å². The smallest absolute Gasteiger partial charge is 0.126 e. The summed E-state index contributed by atoms with van der Waals surface area (Å²) in [7, 11) is 0. The molecule has 0 spiro atoms. The van der Waals surface area contributed by atoms with E-state index >= 15 is 0 Å². The minimum Gasteiger partial charge on any atom is -0.314 e. The summed E-state index contributed by atoms with van der Waals surface area (Å²) < 4.78 is 13.5. The summed E-state index contributed by atoms with van der Waals surface area (Å²) in [5, 5.41) is 3.41. The van der Waals surface area contributed by atoms with E-state index in [0.29, 0.717) is 6.04 Å². The van der Waals surface area contributed by atoms with Crippen molar-refractivity contribution in [3.05, 3.63) is 35.1 Å². The highest BCUT2D eigenvalue weighted by molar-refractivity contribution is 5.27. The number of hydrogen-bond acceptors (Lipinski definition) is 2. The van der Waals surface area contributed by atoms with Gasteiger partial charge in [-0.2, -0.15) is 0 Å². The van der Waals surface area contributed by atoms with Gasteiger partial charge in [0.15, 0.2) is 0 Å². The van der Waals surface area contributed by atoms with E-state index in [-0.39, 0.29) is 5.82 Å². The number of hydrogen-bond donors (Lipinski definition) is 1. The van der Waals surface area contributed by atoms with Gasteiger partial charge in [0.25, 0.3) is 0 Å². The van der Waals surface area contributed by atoms with Crippen molar-refractivity contribution in [2.24, 2.45) is 5.92 Å². The lowest BCUT2D eigenvalue weighted by Gasteiger charge is -2.43. The molecule has 2 fully saturated rings. The van der Waals surface area contributed by atoms with E-state index in [1.807, 2.05) is 13.0 Å². The van der Waals surface area contributed by atoms with Crippen molar-refractivity contribution in [1.29, 1.82) is 0 Å². The third-order valence-electron chi connectivity index (χ3n) is 4.66. The number of benzene rings is 1. The van der Waals surface area contributed by atoms with Crippen LogP contribution in [0.1, 0.15) is 36.4 Å². The van der Waals surface area contributed by atoms with Crippen molar-refractivity contribution in [2.75, 3.05) is 26.2 Å². The molecule has 1 N–H and O–H groups in total. The molecule has 3 heteroatoms. The largest absolute Gasteiger partial charge is 0.314 e. The van der Waals surface area contributed by atoms with Gasteiger partial charge >= 0.3 is 0 Å². The first-order chi connectivity index (χ1) is 9.25. The Morgan fingerprint density at radius 3 is 2.58 bits per heavy atom. The van der Waals surface area contributed by atoms with Gasteiger partial charge in [-0.05, 0) is 42.9 Å². The lowest BCUT2D eigenvalue weighted by atomic mass is 9.76. The molecule has 19 heavy (non-hydrogen) atoms. The van der Waals surface area contributed by atoms with Gasteiger partial charge in [-0.15, -0.1) is 0 Å². The molecular formula is C16H23FN2. The summed E-state index contributed by atoms with van der Waals surface area (Å²) in [6.07, 6.45) is 4.00. The van der Waals surface area contributed by atoms with Crippen molar-refractivity contribution < 1.29 is 4.39 Å². The zero-order valence-corrected chi connectivity index (χ0v) is 11.7. The Bertz CT molecular complexity index is 436.